The SMILES string of the molecule is CCOC(=O)/C(CCCN(C)C)=N\Nc1ccc(CN2C(=O)CNC2=O)cc1. The van der Waals surface area contributed by atoms with Gasteiger partial charge < -0.3 is 15.0 Å². The summed E-state index contributed by atoms with van der Waals surface area (Å²) in [5, 5.41) is 6.70. The van der Waals surface area contributed by atoms with Gasteiger partial charge in [0.15, 0.2) is 0 Å². The molecule has 2 N–H and O–H groups in total. The van der Waals surface area contributed by atoms with Gasteiger partial charge in [-0.3, -0.25) is 15.1 Å². The van der Waals surface area contributed by atoms with Gasteiger partial charge in [-0.1, -0.05) is 12.1 Å². The number of nitrogens with zero attached hydrogens (tertiary/aromatic N) is 3. The quantitative estimate of drug-likeness (QED) is 0.271. The van der Waals surface area contributed by atoms with Crippen molar-refractivity contribution in [3.8, 4) is 0 Å². The molecule has 0 atom stereocenters. The van der Waals surface area contributed by atoms with E-state index in [2.05, 4.69) is 15.8 Å². The molecular weight excluding hydrogens is 362 g/mol. The van der Waals surface area contributed by atoms with Gasteiger partial charge in [0, 0.05) is 6.42 Å². The van der Waals surface area contributed by atoms with Crippen LogP contribution >= 0.6 is 0 Å². The molecule has 9 heteroatoms. The van der Waals surface area contributed by atoms with E-state index in [4.69, 9.17) is 4.74 Å². The molecule has 1 fully saturated rings. The molecule has 0 radical (unpaired) electrons. The number of benzene rings is 1. The number of esters is 1. The fraction of sp³-hybridized carbons (Fsp3) is 0.474. The minimum absolute atomic E-state index is 0.0393. The fourth-order valence-corrected chi connectivity index (χ4v) is 2.60. The van der Waals surface area contributed by atoms with Gasteiger partial charge in [0.25, 0.3) is 0 Å². The number of imide groups is 1. The second-order valence-corrected chi connectivity index (χ2v) is 6.63. The summed E-state index contributed by atoms with van der Waals surface area (Å²) in [6.07, 6.45) is 1.30. The molecule has 0 spiro atoms. The lowest BCUT2D eigenvalue weighted by atomic mass is 10.2. The minimum Gasteiger partial charge on any atom is -0.461 e. The number of hydrogen-bond donors (Lipinski definition) is 2. The molecule has 0 unspecified atom stereocenters. The Labute approximate surface area is 164 Å². The van der Waals surface area contributed by atoms with E-state index in [0.717, 1.165) is 18.5 Å². The minimum atomic E-state index is -0.427. The van der Waals surface area contributed by atoms with Crippen LogP contribution < -0.4 is 10.7 Å². The molecule has 28 heavy (non-hydrogen) atoms. The van der Waals surface area contributed by atoms with Crippen LogP contribution in [-0.4, -0.2) is 67.2 Å². The zero-order valence-corrected chi connectivity index (χ0v) is 16.5. The molecule has 3 amide bonds. The smallest absolute Gasteiger partial charge is 0.354 e. The molecule has 0 bridgehead atoms. The van der Waals surface area contributed by atoms with Crippen molar-refractivity contribution in [2.24, 2.45) is 5.10 Å². The first-order valence-corrected chi connectivity index (χ1v) is 9.22. The molecule has 0 saturated carbocycles. The Morgan fingerprint density at radius 1 is 1.29 bits per heavy atom. The first-order chi connectivity index (χ1) is 13.4. The van der Waals surface area contributed by atoms with Gasteiger partial charge in [-0.25, -0.2) is 9.59 Å². The molecule has 1 aromatic rings. The Morgan fingerprint density at radius 2 is 2.00 bits per heavy atom. The average Bonchev–Trinajstić information content (AvgIpc) is 2.97. The van der Waals surface area contributed by atoms with Crippen LogP contribution in [-0.2, 0) is 20.9 Å². The van der Waals surface area contributed by atoms with Gasteiger partial charge >= 0.3 is 12.0 Å². The lowest BCUT2D eigenvalue weighted by Crippen LogP contribution is -2.30. The Hall–Kier alpha value is -2.94. The number of carbonyl (C=O) groups excluding carboxylic acids is 3. The number of carbonyl (C=O) groups is 3. The molecular formula is C19H27N5O4. The number of hydrazone groups is 1. The Bertz CT molecular complexity index is 714. The monoisotopic (exact) mass is 389 g/mol. The highest BCUT2D eigenvalue weighted by Crippen LogP contribution is 2.13. The van der Waals surface area contributed by atoms with Crippen LogP contribution in [0.15, 0.2) is 29.4 Å². The van der Waals surface area contributed by atoms with Gasteiger partial charge in [-0.05, 0) is 51.7 Å². The van der Waals surface area contributed by atoms with E-state index in [-0.39, 0.29) is 25.0 Å². The predicted molar refractivity (Wildman–Crippen MR) is 106 cm³/mol. The lowest BCUT2D eigenvalue weighted by Gasteiger charge is -2.13. The van der Waals surface area contributed by atoms with E-state index in [1.807, 2.05) is 19.0 Å². The number of nitrogens with one attached hydrogen (secondary N) is 2. The van der Waals surface area contributed by atoms with E-state index in [1.165, 1.54) is 4.90 Å². The molecule has 1 aromatic carbocycles. The van der Waals surface area contributed by atoms with Crippen molar-refractivity contribution in [2.45, 2.75) is 26.3 Å². The zero-order valence-electron chi connectivity index (χ0n) is 16.5. The summed E-state index contributed by atoms with van der Waals surface area (Å²) in [5.41, 5.74) is 4.72. The summed E-state index contributed by atoms with van der Waals surface area (Å²) >= 11 is 0. The largest absolute Gasteiger partial charge is 0.461 e. The van der Waals surface area contributed by atoms with Crippen LogP contribution in [0.4, 0.5) is 10.5 Å². The van der Waals surface area contributed by atoms with Crippen LogP contribution in [0.1, 0.15) is 25.3 Å². The first kappa shape index (κ1) is 21.4. The molecule has 1 heterocycles. The van der Waals surface area contributed by atoms with E-state index >= 15 is 0 Å². The summed E-state index contributed by atoms with van der Waals surface area (Å²) in [7, 11) is 3.95. The summed E-state index contributed by atoms with van der Waals surface area (Å²) < 4.78 is 5.06. The molecule has 1 saturated heterocycles. The molecule has 2 rings (SSSR count). The number of anilines is 1. The Balaban J connectivity index is 1.97. The zero-order chi connectivity index (χ0) is 20.5. The highest BCUT2D eigenvalue weighted by atomic mass is 16.5. The highest BCUT2D eigenvalue weighted by Gasteiger charge is 2.28. The predicted octanol–water partition coefficient (Wildman–Crippen LogP) is 1.41. The molecule has 9 nitrogen and oxygen atoms in total. The van der Waals surface area contributed by atoms with E-state index in [9.17, 15) is 14.4 Å². The number of urea groups is 1. The molecule has 1 aliphatic heterocycles. The number of hydrogen-bond acceptors (Lipinski definition) is 7. The number of ether oxygens (including phenoxy) is 1. The lowest BCUT2D eigenvalue weighted by molar-refractivity contribution is -0.135. The van der Waals surface area contributed by atoms with Crippen LogP contribution in [0, 0.1) is 0 Å². The number of rotatable bonds is 10. The average molecular weight is 389 g/mol. The van der Waals surface area contributed by atoms with Crippen molar-refractivity contribution in [3.63, 3.8) is 0 Å². The molecule has 152 valence electrons. The van der Waals surface area contributed by atoms with Crippen LogP contribution in [0.25, 0.3) is 0 Å². The van der Waals surface area contributed by atoms with E-state index < -0.39 is 5.97 Å². The topological polar surface area (TPSA) is 103 Å². The molecule has 0 aromatic heterocycles. The third kappa shape index (κ3) is 6.34. The van der Waals surface area contributed by atoms with E-state index in [1.54, 1.807) is 31.2 Å². The van der Waals surface area contributed by atoms with E-state index in [0.29, 0.717) is 24.4 Å². The van der Waals surface area contributed by atoms with Gasteiger partial charge in [-0.15, -0.1) is 0 Å². The van der Waals surface area contributed by atoms with Crippen molar-refractivity contribution in [1.82, 2.24) is 15.1 Å². The summed E-state index contributed by atoms with van der Waals surface area (Å²) in [6, 6.07) is 6.77. The summed E-state index contributed by atoms with van der Waals surface area (Å²) in [4.78, 5) is 38.5. The Kier molecular flexibility index (Phi) is 7.94. The summed E-state index contributed by atoms with van der Waals surface area (Å²) in [5.74, 6) is -0.669. The first-order valence-electron chi connectivity index (χ1n) is 9.22. The fourth-order valence-electron chi connectivity index (χ4n) is 2.60. The summed E-state index contributed by atoms with van der Waals surface area (Å²) in [6.45, 7) is 3.15. The van der Waals surface area contributed by atoms with Crippen molar-refractivity contribution in [1.29, 1.82) is 0 Å². The van der Waals surface area contributed by atoms with Crippen LogP contribution in [0.2, 0.25) is 0 Å². The van der Waals surface area contributed by atoms with Crippen molar-refractivity contribution >= 4 is 29.3 Å². The third-order valence-electron chi connectivity index (χ3n) is 4.08. The van der Waals surface area contributed by atoms with Crippen molar-refractivity contribution in [2.75, 3.05) is 39.2 Å². The van der Waals surface area contributed by atoms with Crippen LogP contribution in [0.5, 0.6) is 0 Å². The van der Waals surface area contributed by atoms with Gasteiger partial charge in [0.1, 0.15) is 5.71 Å². The maximum absolute atomic E-state index is 12.1. The van der Waals surface area contributed by atoms with Gasteiger partial charge in [0.05, 0.1) is 25.4 Å². The number of amides is 3. The van der Waals surface area contributed by atoms with Crippen LogP contribution in [0.3, 0.4) is 0 Å². The molecule has 1 aliphatic rings. The second-order valence-electron chi connectivity index (χ2n) is 6.63. The molecule has 0 aliphatic carbocycles. The normalized spacial score (nSPS) is 14.4. The van der Waals surface area contributed by atoms with Crippen molar-refractivity contribution < 1.29 is 19.1 Å². The standard InChI is InChI=1S/C19H27N5O4/c1-4-28-18(26)16(6-5-11-23(2)3)22-21-15-9-7-14(8-10-15)13-24-17(25)12-20-19(24)27/h7-10,21H,4-6,11-13H2,1-3H3,(H,20,27)/b22-16-. The van der Waals surface area contributed by atoms with Gasteiger partial charge in [0.2, 0.25) is 5.91 Å². The third-order valence-corrected chi connectivity index (χ3v) is 4.08. The highest BCUT2D eigenvalue weighted by molar-refractivity contribution is 6.36. The van der Waals surface area contributed by atoms with Gasteiger partial charge in [-0.2, -0.15) is 5.10 Å². The maximum atomic E-state index is 12.1. The maximum Gasteiger partial charge on any atom is 0.354 e. The second kappa shape index (κ2) is 10.4. The Morgan fingerprint density at radius 3 is 2.57 bits per heavy atom. The van der Waals surface area contributed by atoms with Crippen molar-refractivity contribution in [3.05, 3.63) is 29.8 Å².